The SMILES string of the molecule is NC1CCC(C(=O)NCCC2CCCCC2)C1. The van der Waals surface area contributed by atoms with Gasteiger partial charge in [-0.2, -0.15) is 0 Å². The van der Waals surface area contributed by atoms with Crippen molar-refractivity contribution in [3.05, 3.63) is 0 Å². The smallest absolute Gasteiger partial charge is 0.223 e. The molecular weight excluding hydrogens is 212 g/mol. The van der Waals surface area contributed by atoms with Gasteiger partial charge < -0.3 is 11.1 Å². The number of nitrogens with two attached hydrogens (primary N) is 1. The van der Waals surface area contributed by atoms with E-state index in [1.807, 2.05) is 0 Å². The first-order chi connectivity index (χ1) is 8.25. The molecule has 0 aromatic carbocycles. The molecule has 3 heteroatoms. The van der Waals surface area contributed by atoms with E-state index in [4.69, 9.17) is 5.73 Å². The summed E-state index contributed by atoms with van der Waals surface area (Å²) in [4.78, 5) is 11.9. The maximum atomic E-state index is 11.9. The van der Waals surface area contributed by atoms with E-state index < -0.39 is 0 Å². The zero-order valence-electron chi connectivity index (χ0n) is 10.8. The van der Waals surface area contributed by atoms with E-state index in [0.29, 0.717) is 0 Å². The van der Waals surface area contributed by atoms with Crippen LogP contribution in [-0.4, -0.2) is 18.5 Å². The van der Waals surface area contributed by atoms with Crippen LogP contribution in [0.5, 0.6) is 0 Å². The highest BCUT2D eigenvalue weighted by atomic mass is 16.1. The summed E-state index contributed by atoms with van der Waals surface area (Å²) in [5, 5.41) is 3.10. The van der Waals surface area contributed by atoms with Gasteiger partial charge in [-0.1, -0.05) is 32.1 Å². The Hall–Kier alpha value is -0.570. The number of nitrogens with one attached hydrogen (secondary N) is 1. The Morgan fingerprint density at radius 3 is 2.53 bits per heavy atom. The van der Waals surface area contributed by atoms with Gasteiger partial charge in [0, 0.05) is 18.5 Å². The zero-order valence-corrected chi connectivity index (χ0v) is 10.8. The maximum Gasteiger partial charge on any atom is 0.223 e. The molecule has 0 spiro atoms. The topological polar surface area (TPSA) is 55.1 Å². The van der Waals surface area contributed by atoms with Crippen LogP contribution in [0.2, 0.25) is 0 Å². The number of amides is 1. The van der Waals surface area contributed by atoms with Crippen molar-refractivity contribution in [3.63, 3.8) is 0 Å². The first-order valence-corrected chi connectivity index (χ1v) is 7.29. The van der Waals surface area contributed by atoms with Crippen molar-refractivity contribution in [1.82, 2.24) is 5.32 Å². The van der Waals surface area contributed by atoms with E-state index in [2.05, 4.69) is 5.32 Å². The van der Waals surface area contributed by atoms with E-state index >= 15 is 0 Å². The molecule has 0 aliphatic heterocycles. The van der Waals surface area contributed by atoms with Gasteiger partial charge in [0.25, 0.3) is 0 Å². The van der Waals surface area contributed by atoms with Crippen molar-refractivity contribution in [3.8, 4) is 0 Å². The second-order valence-corrected chi connectivity index (χ2v) is 5.85. The lowest BCUT2D eigenvalue weighted by Crippen LogP contribution is -2.32. The van der Waals surface area contributed by atoms with Crippen LogP contribution in [0.25, 0.3) is 0 Å². The van der Waals surface area contributed by atoms with Crippen molar-refractivity contribution >= 4 is 5.91 Å². The van der Waals surface area contributed by atoms with E-state index in [1.54, 1.807) is 0 Å². The van der Waals surface area contributed by atoms with Crippen molar-refractivity contribution in [2.75, 3.05) is 6.54 Å². The minimum atomic E-state index is 0.191. The first kappa shape index (κ1) is 12.9. The van der Waals surface area contributed by atoms with Crippen LogP contribution < -0.4 is 11.1 Å². The Kier molecular flexibility index (Phi) is 4.84. The normalized spacial score (nSPS) is 30.4. The second kappa shape index (κ2) is 6.39. The molecule has 0 radical (unpaired) electrons. The summed E-state index contributed by atoms with van der Waals surface area (Å²) in [6, 6.07) is 0.254. The van der Waals surface area contributed by atoms with Crippen LogP contribution in [-0.2, 0) is 4.79 Å². The fourth-order valence-corrected chi connectivity index (χ4v) is 3.27. The average Bonchev–Trinajstić information content (AvgIpc) is 2.77. The molecule has 0 heterocycles. The highest BCUT2D eigenvalue weighted by molar-refractivity contribution is 5.78. The average molecular weight is 238 g/mol. The molecule has 3 nitrogen and oxygen atoms in total. The Balaban J connectivity index is 1.59. The predicted molar refractivity (Wildman–Crippen MR) is 69.5 cm³/mol. The summed E-state index contributed by atoms with van der Waals surface area (Å²) in [5.41, 5.74) is 5.83. The molecule has 2 atom stereocenters. The lowest BCUT2D eigenvalue weighted by atomic mass is 9.87. The van der Waals surface area contributed by atoms with Gasteiger partial charge in [-0.25, -0.2) is 0 Å². The van der Waals surface area contributed by atoms with Crippen molar-refractivity contribution in [2.45, 2.75) is 63.8 Å². The Bertz CT molecular complexity index is 249. The highest BCUT2D eigenvalue weighted by Gasteiger charge is 2.27. The number of hydrogen-bond acceptors (Lipinski definition) is 2. The molecule has 98 valence electrons. The summed E-state index contributed by atoms with van der Waals surface area (Å²) in [5.74, 6) is 1.29. The molecule has 0 aromatic heterocycles. The largest absolute Gasteiger partial charge is 0.356 e. The fraction of sp³-hybridized carbons (Fsp3) is 0.929. The highest BCUT2D eigenvalue weighted by Crippen LogP contribution is 2.26. The standard InChI is InChI=1S/C14H26N2O/c15-13-7-6-12(10-13)14(17)16-9-8-11-4-2-1-3-5-11/h11-13H,1-10,15H2,(H,16,17). The monoisotopic (exact) mass is 238 g/mol. The lowest BCUT2D eigenvalue weighted by molar-refractivity contribution is -0.124. The molecule has 0 saturated heterocycles. The Morgan fingerprint density at radius 1 is 1.12 bits per heavy atom. The maximum absolute atomic E-state index is 11.9. The van der Waals surface area contributed by atoms with Gasteiger partial charge in [-0.15, -0.1) is 0 Å². The third-order valence-corrected chi connectivity index (χ3v) is 4.42. The zero-order chi connectivity index (χ0) is 12.1. The number of carbonyl (C=O) groups excluding carboxylic acids is 1. The van der Waals surface area contributed by atoms with Crippen LogP contribution in [0.15, 0.2) is 0 Å². The third-order valence-electron chi connectivity index (χ3n) is 4.42. The molecule has 2 rings (SSSR count). The molecule has 0 aromatic rings. The molecule has 2 aliphatic carbocycles. The molecule has 2 saturated carbocycles. The van der Waals surface area contributed by atoms with E-state index in [-0.39, 0.29) is 17.9 Å². The number of carbonyl (C=O) groups is 1. The quantitative estimate of drug-likeness (QED) is 0.789. The van der Waals surface area contributed by atoms with Crippen LogP contribution in [0, 0.1) is 11.8 Å². The second-order valence-electron chi connectivity index (χ2n) is 5.85. The minimum Gasteiger partial charge on any atom is -0.356 e. The minimum absolute atomic E-state index is 0.191. The van der Waals surface area contributed by atoms with E-state index in [9.17, 15) is 4.79 Å². The number of hydrogen-bond donors (Lipinski definition) is 2. The molecule has 17 heavy (non-hydrogen) atoms. The van der Waals surface area contributed by atoms with Crippen LogP contribution in [0.4, 0.5) is 0 Å². The van der Waals surface area contributed by atoms with Gasteiger partial charge in [0.15, 0.2) is 0 Å². The third kappa shape index (κ3) is 3.98. The van der Waals surface area contributed by atoms with Gasteiger partial charge >= 0.3 is 0 Å². The molecule has 2 aliphatic rings. The van der Waals surface area contributed by atoms with Crippen LogP contribution in [0.1, 0.15) is 57.8 Å². The Labute approximate surface area is 105 Å². The lowest BCUT2D eigenvalue weighted by Gasteiger charge is -2.21. The molecule has 1 amide bonds. The van der Waals surface area contributed by atoms with Gasteiger partial charge in [0.2, 0.25) is 5.91 Å². The summed E-state index contributed by atoms with van der Waals surface area (Å²) in [6.07, 6.45) is 11.0. The van der Waals surface area contributed by atoms with Gasteiger partial charge in [0.05, 0.1) is 0 Å². The van der Waals surface area contributed by atoms with E-state index in [0.717, 1.165) is 31.7 Å². The van der Waals surface area contributed by atoms with Crippen molar-refractivity contribution in [1.29, 1.82) is 0 Å². The predicted octanol–water partition coefficient (Wildman–Crippen LogP) is 2.20. The van der Waals surface area contributed by atoms with Gasteiger partial charge in [0.1, 0.15) is 0 Å². The summed E-state index contributed by atoms with van der Waals surface area (Å²) < 4.78 is 0. The first-order valence-electron chi connectivity index (χ1n) is 7.29. The van der Waals surface area contributed by atoms with Gasteiger partial charge in [-0.05, 0) is 31.6 Å². The molecule has 3 N–H and O–H groups in total. The summed E-state index contributed by atoms with van der Waals surface area (Å²) >= 11 is 0. The van der Waals surface area contributed by atoms with Crippen LogP contribution in [0.3, 0.4) is 0 Å². The van der Waals surface area contributed by atoms with Gasteiger partial charge in [-0.3, -0.25) is 4.79 Å². The van der Waals surface area contributed by atoms with Crippen molar-refractivity contribution in [2.24, 2.45) is 17.6 Å². The molecular formula is C14H26N2O. The molecule has 2 fully saturated rings. The summed E-state index contributed by atoms with van der Waals surface area (Å²) in [7, 11) is 0. The summed E-state index contributed by atoms with van der Waals surface area (Å²) in [6.45, 7) is 0.870. The molecule has 2 unspecified atom stereocenters. The molecule has 0 bridgehead atoms. The van der Waals surface area contributed by atoms with Crippen molar-refractivity contribution < 1.29 is 4.79 Å². The van der Waals surface area contributed by atoms with Crippen LogP contribution >= 0.6 is 0 Å². The Morgan fingerprint density at radius 2 is 1.88 bits per heavy atom. The number of rotatable bonds is 4. The van der Waals surface area contributed by atoms with E-state index in [1.165, 1.54) is 38.5 Å². The fourth-order valence-electron chi connectivity index (χ4n) is 3.27.